The SMILES string of the molecule is Cc1cccc(C)c1CN1CCCNC(C)C1. The predicted molar refractivity (Wildman–Crippen MR) is 73.3 cm³/mol. The van der Waals surface area contributed by atoms with E-state index in [0.29, 0.717) is 6.04 Å². The second-order valence-electron chi connectivity index (χ2n) is 5.31. The monoisotopic (exact) mass is 232 g/mol. The number of aryl methyl sites for hydroxylation is 2. The molecule has 1 fully saturated rings. The first-order valence-corrected chi connectivity index (χ1v) is 6.67. The third kappa shape index (κ3) is 3.30. The van der Waals surface area contributed by atoms with E-state index in [0.717, 1.165) is 19.6 Å². The molecule has 0 bridgehead atoms. The highest BCUT2D eigenvalue weighted by molar-refractivity contribution is 5.33. The van der Waals surface area contributed by atoms with Crippen LogP contribution in [0.25, 0.3) is 0 Å². The Bertz CT molecular complexity index is 353. The largest absolute Gasteiger partial charge is 0.313 e. The molecule has 1 atom stereocenters. The summed E-state index contributed by atoms with van der Waals surface area (Å²) >= 11 is 0. The number of hydrogen-bond donors (Lipinski definition) is 1. The summed E-state index contributed by atoms with van der Waals surface area (Å²) in [5, 5.41) is 3.55. The van der Waals surface area contributed by atoms with Crippen molar-refractivity contribution in [1.29, 1.82) is 0 Å². The molecular formula is C15H24N2. The number of rotatable bonds is 2. The van der Waals surface area contributed by atoms with Gasteiger partial charge in [0, 0.05) is 19.1 Å². The van der Waals surface area contributed by atoms with Gasteiger partial charge in [0.1, 0.15) is 0 Å². The van der Waals surface area contributed by atoms with Gasteiger partial charge < -0.3 is 5.32 Å². The van der Waals surface area contributed by atoms with E-state index in [9.17, 15) is 0 Å². The van der Waals surface area contributed by atoms with Crippen molar-refractivity contribution in [2.24, 2.45) is 0 Å². The third-order valence-electron chi connectivity index (χ3n) is 3.70. The molecule has 94 valence electrons. The molecule has 0 aromatic heterocycles. The normalized spacial score (nSPS) is 22.4. The molecule has 0 radical (unpaired) electrons. The van der Waals surface area contributed by atoms with E-state index in [-0.39, 0.29) is 0 Å². The fourth-order valence-electron chi connectivity index (χ4n) is 2.66. The summed E-state index contributed by atoms with van der Waals surface area (Å²) in [5.74, 6) is 0. The van der Waals surface area contributed by atoms with Gasteiger partial charge in [-0.15, -0.1) is 0 Å². The highest BCUT2D eigenvalue weighted by Crippen LogP contribution is 2.16. The molecule has 1 aliphatic rings. The van der Waals surface area contributed by atoms with Crippen LogP contribution >= 0.6 is 0 Å². The first-order valence-electron chi connectivity index (χ1n) is 6.67. The molecule has 1 heterocycles. The van der Waals surface area contributed by atoms with Crippen LogP contribution in [0, 0.1) is 13.8 Å². The number of nitrogens with zero attached hydrogens (tertiary/aromatic N) is 1. The number of hydrogen-bond acceptors (Lipinski definition) is 2. The van der Waals surface area contributed by atoms with E-state index < -0.39 is 0 Å². The Balaban J connectivity index is 2.09. The fourth-order valence-corrected chi connectivity index (χ4v) is 2.66. The highest BCUT2D eigenvalue weighted by Gasteiger charge is 2.15. The second kappa shape index (κ2) is 5.65. The molecule has 0 spiro atoms. The molecule has 2 heteroatoms. The lowest BCUT2D eigenvalue weighted by Crippen LogP contribution is -2.35. The van der Waals surface area contributed by atoms with Crippen molar-refractivity contribution < 1.29 is 0 Å². The molecule has 0 saturated carbocycles. The van der Waals surface area contributed by atoms with Gasteiger partial charge in [-0.05, 0) is 57.0 Å². The summed E-state index contributed by atoms with van der Waals surface area (Å²) in [7, 11) is 0. The van der Waals surface area contributed by atoms with Crippen molar-refractivity contribution in [3.05, 3.63) is 34.9 Å². The molecule has 2 rings (SSSR count). The van der Waals surface area contributed by atoms with Crippen molar-refractivity contribution in [3.8, 4) is 0 Å². The Hall–Kier alpha value is -0.860. The summed E-state index contributed by atoms with van der Waals surface area (Å²) in [6, 6.07) is 7.21. The van der Waals surface area contributed by atoms with Crippen LogP contribution in [0.5, 0.6) is 0 Å². The zero-order valence-electron chi connectivity index (χ0n) is 11.3. The molecule has 2 nitrogen and oxygen atoms in total. The van der Waals surface area contributed by atoms with Crippen LogP contribution < -0.4 is 5.32 Å². The van der Waals surface area contributed by atoms with Gasteiger partial charge >= 0.3 is 0 Å². The minimum absolute atomic E-state index is 0.613. The summed E-state index contributed by atoms with van der Waals surface area (Å²) in [5.41, 5.74) is 4.37. The lowest BCUT2D eigenvalue weighted by atomic mass is 10.0. The van der Waals surface area contributed by atoms with Crippen LogP contribution in [-0.4, -0.2) is 30.6 Å². The summed E-state index contributed by atoms with van der Waals surface area (Å²) in [6.45, 7) is 11.4. The first kappa shape index (κ1) is 12.6. The van der Waals surface area contributed by atoms with Crippen molar-refractivity contribution >= 4 is 0 Å². The lowest BCUT2D eigenvalue weighted by Gasteiger charge is -2.24. The minimum atomic E-state index is 0.613. The molecule has 17 heavy (non-hydrogen) atoms. The molecule has 1 aromatic rings. The fraction of sp³-hybridized carbons (Fsp3) is 0.600. The van der Waals surface area contributed by atoms with E-state index in [4.69, 9.17) is 0 Å². The van der Waals surface area contributed by atoms with Gasteiger partial charge in [0.25, 0.3) is 0 Å². The van der Waals surface area contributed by atoms with E-state index in [1.54, 1.807) is 0 Å². The third-order valence-corrected chi connectivity index (χ3v) is 3.70. The highest BCUT2D eigenvalue weighted by atomic mass is 15.2. The maximum absolute atomic E-state index is 3.55. The van der Waals surface area contributed by atoms with Crippen molar-refractivity contribution in [2.45, 2.75) is 39.8 Å². The Labute approximate surface area is 105 Å². The van der Waals surface area contributed by atoms with Crippen molar-refractivity contribution in [1.82, 2.24) is 10.2 Å². The van der Waals surface area contributed by atoms with E-state index in [1.807, 2.05) is 0 Å². The van der Waals surface area contributed by atoms with Crippen molar-refractivity contribution in [3.63, 3.8) is 0 Å². The van der Waals surface area contributed by atoms with Crippen LogP contribution in [-0.2, 0) is 6.54 Å². The van der Waals surface area contributed by atoms with Gasteiger partial charge in [-0.1, -0.05) is 18.2 Å². The molecule has 1 N–H and O–H groups in total. The molecule has 1 aliphatic heterocycles. The summed E-state index contributed by atoms with van der Waals surface area (Å²) in [4.78, 5) is 2.58. The lowest BCUT2D eigenvalue weighted by molar-refractivity contribution is 0.264. The summed E-state index contributed by atoms with van der Waals surface area (Å²) < 4.78 is 0. The zero-order valence-corrected chi connectivity index (χ0v) is 11.3. The molecule has 1 aromatic carbocycles. The molecule has 1 unspecified atom stereocenters. The van der Waals surface area contributed by atoms with Crippen LogP contribution in [0.1, 0.15) is 30.0 Å². The van der Waals surface area contributed by atoms with Gasteiger partial charge in [-0.3, -0.25) is 4.90 Å². The number of nitrogens with one attached hydrogen (secondary N) is 1. The van der Waals surface area contributed by atoms with Gasteiger partial charge in [-0.25, -0.2) is 0 Å². The van der Waals surface area contributed by atoms with Crippen LogP contribution in [0.3, 0.4) is 0 Å². The Morgan fingerprint density at radius 2 is 2.00 bits per heavy atom. The molecular weight excluding hydrogens is 208 g/mol. The quantitative estimate of drug-likeness (QED) is 0.843. The van der Waals surface area contributed by atoms with Crippen LogP contribution in [0.15, 0.2) is 18.2 Å². The average molecular weight is 232 g/mol. The van der Waals surface area contributed by atoms with Gasteiger partial charge in [0.05, 0.1) is 0 Å². The predicted octanol–water partition coefficient (Wildman–Crippen LogP) is 2.49. The summed E-state index contributed by atoms with van der Waals surface area (Å²) in [6.07, 6.45) is 1.26. The van der Waals surface area contributed by atoms with Gasteiger partial charge in [0.15, 0.2) is 0 Å². The van der Waals surface area contributed by atoms with Gasteiger partial charge in [-0.2, -0.15) is 0 Å². The molecule has 0 aliphatic carbocycles. The average Bonchev–Trinajstić information content (AvgIpc) is 2.48. The Morgan fingerprint density at radius 3 is 2.71 bits per heavy atom. The van der Waals surface area contributed by atoms with E-state index >= 15 is 0 Å². The zero-order chi connectivity index (χ0) is 12.3. The van der Waals surface area contributed by atoms with Crippen LogP contribution in [0.2, 0.25) is 0 Å². The maximum atomic E-state index is 3.55. The molecule has 1 saturated heterocycles. The maximum Gasteiger partial charge on any atom is 0.0239 e. The van der Waals surface area contributed by atoms with E-state index in [2.05, 4.69) is 49.2 Å². The Morgan fingerprint density at radius 1 is 1.29 bits per heavy atom. The van der Waals surface area contributed by atoms with Gasteiger partial charge in [0.2, 0.25) is 0 Å². The smallest absolute Gasteiger partial charge is 0.0239 e. The van der Waals surface area contributed by atoms with Crippen molar-refractivity contribution in [2.75, 3.05) is 19.6 Å². The second-order valence-corrected chi connectivity index (χ2v) is 5.31. The van der Waals surface area contributed by atoms with E-state index in [1.165, 1.54) is 29.7 Å². The molecule has 0 amide bonds. The van der Waals surface area contributed by atoms with Crippen LogP contribution in [0.4, 0.5) is 0 Å². The first-order chi connectivity index (χ1) is 8.16. The Kier molecular flexibility index (Phi) is 4.19. The number of benzene rings is 1. The minimum Gasteiger partial charge on any atom is -0.313 e. The standard InChI is InChI=1S/C15H24N2/c1-12-6-4-7-13(2)15(12)11-17-9-5-8-16-14(3)10-17/h4,6-7,14,16H,5,8-11H2,1-3H3. The topological polar surface area (TPSA) is 15.3 Å².